The summed E-state index contributed by atoms with van der Waals surface area (Å²) in [6.07, 6.45) is 5.58. The Morgan fingerprint density at radius 2 is 2.29 bits per heavy atom. The highest BCUT2D eigenvalue weighted by molar-refractivity contribution is 5.59. The molecule has 0 saturated carbocycles. The highest BCUT2D eigenvalue weighted by atomic mass is 15.1. The minimum absolute atomic E-state index is 0.324. The average molecular weight is 230 g/mol. The molecule has 0 saturated heterocycles. The second kappa shape index (κ2) is 4.91. The van der Waals surface area contributed by atoms with Crippen LogP contribution >= 0.6 is 0 Å². The molecule has 4 heteroatoms. The van der Waals surface area contributed by atoms with Gasteiger partial charge in [-0.15, -0.1) is 0 Å². The smallest absolute Gasteiger partial charge is 0.0946 e. The highest BCUT2D eigenvalue weighted by Crippen LogP contribution is 2.19. The molecule has 0 spiro atoms. The fourth-order valence-corrected chi connectivity index (χ4v) is 1.82. The number of rotatable bonds is 4. The number of aryl methyl sites for hydroxylation is 1. The number of nitrogens with two attached hydrogens (primary N) is 1. The molecular weight excluding hydrogens is 212 g/mol. The van der Waals surface area contributed by atoms with E-state index >= 15 is 0 Å². The van der Waals surface area contributed by atoms with Crippen molar-refractivity contribution in [2.24, 2.45) is 0 Å². The molecule has 3 N–H and O–H groups in total. The Labute approximate surface area is 101 Å². The number of hydrogen-bond acceptors (Lipinski definition) is 3. The first kappa shape index (κ1) is 11.5. The van der Waals surface area contributed by atoms with Gasteiger partial charge in [0.2, 0.25) is 0 Å². The minimum atomic E-state index is 0.324. The summed E-state index contributed by atoms with van der Waals surface area (Å²) in [6, 6.07) is 6.24. The molecule has 2 aromatic rings. The molecule has 1 unspecified atom stereocenters. The molecule has 1 aromatic carbocycles. The lowest BCUT2D eigenvalue weighted by Crippen LogP contribution is -2.21. The maximum absolute atomic E-state index is 5.78. The summed E-state index contributed by atoms with van der Waals surface area (Å²) in [7, 11) is 0. The fourth-order valence-electron chi connectivity index (χ4n) is 1.82. The van der Waals surface area contributed by atoms with Gasteiger partial charge >= 0.3 is 0 Å². The first-order valence-corrected chi connectivity index (χ1v) is 5.73. The predicted molar refractivity (Wildman–Crippen MR) is 70.9 cm³/mol. The van der Waals surface area contributed by atoms with Gasteiger partial charge in [-0.05, 0) is 31.5 Å². The van der Waals surface area contributed by atoms with Crippen molar-refractivity contribution in [3.63, 3.8) is 0 Å². The van der Waals surface area contributed by atoms with Gasteiger partial charge in [-0.1, -0.05) is 6.07 Å². The Bertz CT molecular complexity index is 476. The number of nitrogens with zero attached hydrogens (tertiary/aromatic N) is 2. The maximum Gasteiger partial charge on any atom is 0.0946 e. The van der Waals surface area contributed by atoms with Crippen molar-refractivity contribution in [1.29, 1.82) is 0 Å². The summed E-state index contributed by atoms with van der Waals surface area (Å²) in [5, 5.41) is 3.46. The molecule has 0 aliphatic rings. The van der Waals surface area contributed by atoms with E-state index in [4.69, 9.17) is 5.73 Å². The predicted octanol–water partition coefficient (Wildman–Crippen LogP) is 2.27. The number of imidazole rings is 1. The molecule has 0 aliphatic heterocycles. The largest absolute Gasteiger partial charge is 0.399 e. The van der Waals surface area contributed by atoms with Crippen molar-refractivity contribution in [1.82, 2.24) is 9.55 Å². The Hall–Kier alpha value is -1.97. The third kappa shape index (κ3) is 3.00. The number of hydrogen-bond donors (Lipinski definition) is 2. The SMILES string of the molecule is Cc1ccc(N)cc1NC(C)Cn1ccnc1. The maximum atomic E-state index is 5.78. The van der Waals surface area contributed by atoms with Crippen LogP contribution in [0, 0.1) is 6.92 Å². The average Bonchev–Trinajstić information content (AvgIpc) is 2.76. The number of benzene rings is 1. The van der Waals surface area contributed by atoms with Crippen LogP contribution in [0.25, 0.3) is 0 Å². The van der Waals surface area contributed by atoms with E-state index in [0.717, 1.165) is 17.9 Å². The highest BCUT2D eigenvalue weighted by Gasteiger charge is 2.05. The van der Waals surface area contributed by atoms with E-state index in [1.54, 1.807) is 6.20 Å². The lowest BCUT2D eigenvalue weighted by molar-refractivity contribution is 0.618. The van der Waals surface area contributed by atoms with Gasteiger partial charge in [0.05, 0.1) is 6.33 Å². The molecule has 90 valence electrons. The van der Waals surface area contributed by atoms with Crippen molar-refractivity contribution in [3.8, 4) is 0 Å². The molecule has 0 amide bonds. The Morgan fingerprint density at radius 3 is 3.00 bits per heavy atom. The van der Waals surface area contributed by atoms with Gasteiger partial charge in [0.25, 0.3) is 0 Å². The molecule has 0 bridgehead atoms. The van der Waals surface area contributed by atoms with Gasteiger partial charge in [0, 0.05) is 36.4 Å². The summed E-state index contributed by atoms with van der Waals surface area (Å²) in [4.78, 5) is 4.03. The Kier molecular flexibility index (Phi) is 3.32. The van der Waals surface area contributed by atoms with E-state index in [-0.39, 0.29) is 0 Å². The number of nitrogens with one attached hydrogen (secondary N) is 1. The molecule has 0 aliphatic carbocycles. The minimum Gasteiger partial charge on any atom is -0.399 e. The fraction of sp³-hybridized carbons (Fsp3) is 0.308. The number of anilines is 2. The van der Waals surface area contributed by atoms with Gasteiger partial charge in [-0.3, -0.25) is 0 Å². The Morgan fingerprint density at radius 1 is 1.47 bits per heavy atom. The molecule has 1 aromatic heterocycles. The topological polar surface area (TPSA) is 55.9 Å². The molecule has 0 fully saturated rings. The van der Waals surface area contributed by atoms with Crippen LogP contribution in [0.2, 0.25) is 0 Å². The van der Waals surface area contributed by atoms with Gasteiger partial charge in [-0.2, -0.15) is 0 Å². The molecule has 1 heterocycles. The van der Waals surface area contributed by atoms with Crippen LogP contribution in [0.3, 0.4) is 0 Å². The molecule has 4 nitrogen and oxygen atoms in total. The zero-order valence-corrected chi connectivity index (χ0v) is 10.2. The summed E-state index contributed by atoms with van der Waals surface area (Å²) < 4.78 is 2.05. The molecule has 0 radical (unpaired) electrons. The third-order valence-corrected chi connectivity index (χ3v) is 2.71. The zero-order valence-electron chi connectivity index (χ0n) is 10.2. The summed E-state index contributed by atoms with van der Waals surface area (Å²) in [5.41, 5.74) is 8.87. The first-order valence-electron chi connectivity index (χ1n) is 5.73. The second-order valence-corrected chi connectivity index (χ2v) is 4.38. The lowest BCUT2D eigenvalue weighted by Gasteiger charge is -2.17. The van der Waals surface area contributed by atoms with Crippen molar-refractivity contribution < 1.29 is 0 Å². The number of aromatic nitrogens is 2. The van der Waals surface area contributed by atoms with E-state index in [1.165, 1.54) is 5.56 Å². The van der Waals surface area contributed by atoms with E-state index in [0.29, 0.717) is 6.04 Å². The summed E-state index contributed by atoms with van der Waals surface area (Å²) >= 11 is 0. The van der Waals surface area contributed by atoms with Crippen LogP contribution < -0.4 is 11.1 Å². The van der Waals surface area contributed by atoms with Crippen molar-refractivity contribution in [2.75, 3.05) is 11.1 Å². The summed E-state index contributed by atoms with van der Waals surface area (Å²) in [6.45, 7) is 5.10. The van der Waals surface area contributed by atoms with E-state index in [9.17, 15) is 0 Å². The normalized spacial score (nSPS) is 12.4. The second-order valence-electron chi connectivity index (χ2n) is 4.38. The number of nitrogen functional groups attached to an aromatic ring is 1. The van der Waals surface area contributed by atoms with Gasteiger partial charge in [0.15, 0.2) is 0 Å². The monoisotopic (exact) mass is 230 g/mol. The van der Waals surface area contributed by atoms with E-state index in [1.807, 2.05) is 30.7 Å². The van der Waals surface area contributed by atoms with E-state index in [2.05, 4.69) is 28.7 Å². The van der Waals surface area contributed by atoms with Crippen LogP contribution in [-0.4, -0.2) is 15.6 Å². The van der Waals surface area contributed by atoms with Crippen LogP contribution in [-0.2, 0) is 6.54 Å². The van der Waals surface area contributed by atoms with Gasteiger partial charge < -0.3 is 15.6 Å². The van der Waals surface area contributed by atoms with Crippen molar-refractivity contribution in [2.45, 2.75) is 26.4 Å². The van der Waals surface area contributed by atoms with Gasteiger partial charge in [0.1, 0.15) is 0 Å². The summed E-state index contributed by atoms with van der Waals surface area (Å²) in [5.74, 6) is 0. The molecule has 17 heavy (non-hydrogen) atoms. The quantitative estimate of drug-likeness (QED) is 0.792. The Balaban J connectivity index is 2.02. The first-order chi connectivity index (χ1) is 8.15. The zero-order chi connectivity index (χ0) is 12.3. The van der Waals surface area contributed by atoms with Crippen LogP contribution in [0.4, 0.5) is 11.4 Å². The molecular formula is C13H18N4. The van der Waals surface area contributed by atoms with Crippen LogP contribution in [0.1, 0.15) is 12.5 Å². The van der Waals surface area contributed by atoms with Crippen LogP contribution in [0.15, 0.2) is 36.9 Å². The molecule has 2 rings (SSSR count). The van der Waals surface area contributed by atoms with Crippen molar-refractivity contribution >= 4 is 11.4 Å². The van der Waals surface area contributed by atoms with Crippen LogP contribution in [0.5, 0.6) is 0 Å². The standard InChI is InChI=1S/C13H18N4/c1-10-3-4-12(14)7-13(10)16-11(2)8-17-6-5-15-9-17/h3-7,9,11,16H,8,14H2,1-2H3. The van der Waals surface area contributed by atoms with E-state index < -0.39 is 0 Å². The third-order valence-electron chi connectivity index (χ3n) is 2.71. The molecule has 1 atom stereocenters. The van der Waals surface area contributed by atoms with Crippen molar-refractivity contribution in [3.05, 3.63) is 42.5 Å². The van der Waals surface area contributed by atoms with Gasteiger partial charge in [-0.25, -0.2) is 4.98 Å². The lowest BCUT2D eigenvalue weighted by atomic mass is 10.1.